The molecule has 0 amide bonds. The molecule has 1 aliphatic heterocycles. The number of hydrogen-bond donors (Lipinski definition) is 1. The van der Waals surface area contributed by atoms with Crippen molar-refractivity contribution >= 4 is 0 Å². The molecule has 1 fully saturated rings. The first-order valence-corrected chi connectivity index (χ1v) is 12.8. The monoisotopic (exact) mass is 509 g/mol. The molecule has 0 radical (unpaired) electrons. The van der Waals surface area contributed by atoms with E-state index in [1.807, 2.05) is 30.3 Å². The number of ether oxygens (including phenoxy) is 1. The number of phenols is 1. The minimum absolute atomic E-state index is 0.0240. The molecule has 4 aromatic rings. The van der Waals surface area contributed by atoms with Crippen LogP contribution < -0.4 is 0 Å². The van der Waals surface area contributed by atoms with Crippen molar-refractivity contribution in [1.29, 1.82) is 5.26 Å². The minimum atomic E-state index is 0.0240. The third-order valence-electron chi connectivity index (χ3n) is 6.75. The molecule has 0 aliphatic carbocycles. The highest BCUT2D eigenvalue weighted by molar-refractivity contribution is 5.55. The fourth-order valence-corrected chi connectivity index (χ4v) is 4.86. The smallest absolute Gasteiger partial charge is 0.204 e. The van der Waals surface area contributed by atoms with Crippen LogP contribution >= 0.6 is 0 Å². The summed E-state index contributed by atoms with van der Waals surface area (Å²) in [6.45, 7) is 5.61. The standard InChI is InChI=1S/C29H31N7O2/c30-13-19-38-20-18-36-32-29(31-33-36)25-11-9-24(10-12-25)28(26-7-4-8-27(37)21-26)35-16-14-34(15-17-35)22-23-5-2-1-3-6-23/h1-12,21,28,37H,14-20,22H2. The topological polar surface area (TPSA) is 103 Å². The number of hydrogen-bond acceptors (Lipinski definition) is 8. The third-order valence-corrected chi connectivity index (χ3v) is 6.75. The number of aromatic hydroxyl groups is 1. The van der Waals surface area contributed by atoms with Crippen molar-refractivity contribution in [2.45, 2.75) is 19.1 Å². The van der Waals surface area contributed by atoms with Crippen LogP contribution in [0, 0.1) is 11.3 Å². The molecule has 2 heterocycles. The number of benzene rings is 3. The normalized spacial score (nSPS) is 15.2. The number of aromatic nitrogens is 4. The number of nitrogens with zero attached hydrogens (tertiary/aromatic N) is 7. The Balaban J connectivity index is 1.30. The average Bonchev–Trinajstić information content (AvgIpc) is 3.42. The number of piperazine rings is 1. The molecule has 9 nitrogen and oxygen atoms in total. The lowest BCUT2D eigenvalue weighted by Gasteiger charge is -2.40. The van der Waals surface area contributed by atoms with Gasteiger partial charge in [-0.1, -0.05) is 66.7 Å². The molecule has 9 heteroatoms. The number of tetrazole rings is 1. The minimum Gasteiger partial charge on any atom is -0.508 e. The average molecular weight is 510 g/mol. The number of phenolic OH excluding ortho intramolecular Hbond substituents is 1. The molecular weight excluding hydrogens is 478 g/mol. The highest BCUT2D eigenvalue weighted by Gasteiger charge is 2.27. The number of nitriles is 1. The third kappa shape index (κ3) is 6.42. The molecule has 1 aliphatic rings. The lowest BCUT2D eigenvalue weighted by Crippen LogP contribution is -2.47. The molecule has 1 aromatic heterocycles. The van der Waals surface area contributed by atoms with Crippen LogP contribution in [0.15, 0.2) is 78.9 Å². The molecule has 5 rings (SSSR count). The first-order chi connectivity index (χ1) is 18.7. The molecule has 194 valence electrons. The summed E-state index contributed by atoms with van der Waals surface area (Å²) in [5.41, 5.74) is 4.42. The van der Waals surface area contributed by atoms with Gasteiger partial charge in [-0.25, -0.2) is 0 Å². The summed E-state index contributed by atoms with van der Waals surface area (Å²) in [6, 6.07) is 28.4. The van der Waals surface area contributed by atoms with Gasteiger partial charge in [-0.15, -0.1) is 10.2 Å². The fourth-order valence-electron chi connectivity index (χ4n) is 4.86. The van der Waals surface area contributed by atoms with Gasteiger partial charge >= 0.3 is 0 Å². The maximum atomic E-state index is 10.2. The zero-order chi connectivity index (χ0) is 26.2. The van der Waals surface area contributed by atoms with Gasteiger partial charge in [-0.3, -0.25) is 9.80 Å². The van der Waals surface area contributed by atoms with Crippen LogP contribution in [0.25, 0.3) is 11.4 Å². The summed E-state index contributed by atoms with van der Waals surface area (Å²) in [5, 5.41) is 31.5. The van der Waals surface area contributed by atoms with Crippen LogP contribution in [-0.2, 0) is 17.8 Å². The van der Waals surface area contributed by atoms with Gasteiger partial charge in [0.2, 0.25) is 5.82 Å². The van der Waals surface area contributed by atoms with E-state index in [2.05, 4.69) is 73.7 Å². The first kappa shape index (κ1) is 25.5. The van der Waals surface area contributed by atoms with Gasteiger partial charge in [0.15, 0.2) is 0 Å². The van der Waals surface area contributed by atoms with E-state index in [1.54, 1.807) is 6.07 Å². The molecule has 0 bridgehead atoms. The predicted octanol–water partition coefficient (Wildman–Crippen LogP) is 3.49. The molecule has 1 unspecified atom stereocenters. The summed E-state index contributed by atoms with van der Waals surface area (Å²) in [5.74, 6) is 0.812. The van der Waals surface area contributed by atoms with E-state index in [1.165, 1.54) is 10.4 Å². The Labute approximate surface area is 222 Å². The van der Waals surface area contributed by atoms with Gasteiger partial charge in [0.05, 0.1) is 25.3 Å². The second-order valence-electron chi connectivity index (χ2n) is 9.34. The van der Waals surface area contributed by atoms with Crippen molar-refractivity contribution in [3.8, 4) is 23.2 Å². The molecule has 0 spiro atoms. The molecule has 1 atom stereocenters. The van der Waals surface area contributed by atoms with Crippen LogP contribution in [0.4, 0.5) is 0 Å². The molecule has 38 heavy (non-hydrogen) atoms. The van der Waals surface area contributed by atoms with Gasteiger partial charge in [-0.05, 0) is 34.0 Å². The molecule has 0 saturated carbocycles. The Morgan fingerprint density at radius 1 is 0.921 bits per heavy atom. The van der Waals surface area contributed by atoms with E-state index < -0.39 is 0 Å². The Morgan fingerprint density at radius 2 is 1.71 bits per heavy atom. The van der Waals surface area contributed by atoms with Crippen molar-refractivity contribution in [2.75, 3.05) is 39.4 Å². The Kier molecular flexibility index (Phi) is 8.36. The summed E-state index contributed by atoms with van der Waals surface area (Å²) in [4.78, 5) is 6.46. The summed E-state index contributed by atoms with van der Waals surface area (Å²) in [7, 11) is 0. The van der Waals surface area contributed by atoms with Crippen molar-refractivity contribution in [2.24, 2.45) is 0 Å². The van der Waals surface area contributed by atoms with Crippen LogP contribution in [0.3, 0.4) is 0 Å². The van der Waals surface area contributed by atoms with Crippen molar-refractivity contribution in [3.63, 3.8) is 0 Å². The number of rotatable bonds is 10. The molecule has 3 aromatic carbocycles. The Hall–Kier alpha value is -4.10. The SMILES string of the molecule is N#CCOCCn1nnc(-c2ccc(C(c3cccc(O)c3)N3CCN(Cc4ccccc4)CC3)cc2)n1. The van der Waals surface area contributed by atoms with Crippen LogP contribution in [0.2, 0.25) is 0 Å². The highest BCUT2D eigenvalue weighted by Crippen LogP contribution is 2.32. The second kappa shape index (κ2) is 12.4. The van der Waals surface area contributed by atoms with Crippen molar-refractivity contribution < 1.29 is 9.84 Å². The lowest BCUT2D eigenvalue weighted by atomic mass is 9.95. The zero-order valence-electron chi connectivity index (χ0n) is 21.2. The van der Waals surface area contributed by atoms with E-state index in [-0.39, 0.29) is 18.4 Å². The van der Waals surface area contributed by atoms with E-state index in [0.29, 0.717) is 19.0 Å². The summed E-state index contributed by atoms with van der Waals surface area (Å²) in [6.07, 6.45) is 0. The van der Waals surface area contributed by atoms with Crippen molar-refractivity contribution in [3.05, 3.63) is 95.6 Å². The maximum Gasteiger partial charge on any atom is 0.204 e. The first-order valence-electron chi connectivity index (χ1n) is 12.8. The fraction of sp³-hybridized carbons (Fsp3) is 0.310. The lowest BCUT2D eigenvalue weighted by molar-refractivity contribution is 0.105. The highest BCUT2D eigenvalue weighted by atomic mass is 16.5. The van der Waals surface area contributed by atoms with E-state index in [4.69, 9.17) is 10.00 Å². The molecular formula is C29H31N7O2. The molecule has 1 saturated heterocycles. The van der Waals surface area contributed by atoms with Gasteiger partial charge in [0.25, 0.3) is 0 Å². The van der Waals surface area contributed by atoms with Crippen LogP contribution in [-0.4, -0.2) is 74.5 Å². The van der Waals surface area contributed by atoms with Gasteiger partial charge in [0, 0.05) is 38.3 Å². The van der Waals surface area contributed by atoms with E-state index in [0.717, 1.165) is 49.4 Å². The Bertz CT molecular complexity index is 1340. The van der Waals surface area contributed by atoms with Gasteiger partial charge in [0.1, 0.15) is 12.4 Å². The second-order valence-corrected chi connectivity index (χ2v) is 9.34. The van der Waals surface area contributed by atoms with E-state index in [9.17, 15) is 5.11 Å². The van der Waals surface area contributed by atoms with E-state index >= 15 is 0 Å². The van der Waals surface area contributed by atoms with Crippen molar-refractivity contribution in [1.82, 2.24) is 30.0 Å². The Morgan fingerprint density at radius 3 is 2.45 bits per heavy atom. The predicted molar refractivity (Wildman–Crippen MR) is 143 cm³/mol. The largest absolute Gasteiger partial charge is 0.508 e. The molecule has 1 N–H and O–H groups in total. The van der Waals surface area contributed by atoms with Crippen LogP contribution in [0.5, 0.6) is 5.75 Å². The summed E-state index contributed by atoms with van der Waals surface area (Å²) >= 11 is 0. The zero-order valence-corrected chi connectivity index (χ0v) is 21.2. The van der Waals surface area contributed by atoms with Gasteiger partial charge in [-0.2, -0.15) is 10.1 Å². The van der Waals surface area contributed by atoms with Gasteiger partial charge < -0.3 is 9.84 Å². The quantitative estimate of drug-likeness (QED) is 0.324. The van der Waals surface area contributed by atoms with Crippen LogP contribution in [0.1, 0.15) is 22.7 Å². The maximum absolute atomic E-state index is 10.2. The summed E-state index contributed by atoms with van der Waals surface area (Å²) < 4.78 is 5.17.